The standard InChI is InChI=1S/C26H33FN7O6PS/c1-7-26(27)20(35)18(39-24(26)34-14-29-19-21(33(5)6)30-25(28)31-22(19)34)13-37-41(42,40-17-11-9-8-10-12-17)32-16(4)23(36)38-15(2)3/h1,8-12,14-16,18,20,24,35H,13H2,2-6H3,(H,32,42)(H2,28,30,31)/t16-,18+,20+,24+,26+,41?/m0/s1. The molecule has 0 amide bonds. The maximum atomic E-state index is 16.3. The summed E-state index contributed by atoms with van der Waals surface area (Å²) >= 11 is 5.70. The fourth-order valence-electron chi connectivity index (χ4n) is 4.22. The highest BCUT2D eigenvalue weighted by molar-refractivity contribution is 8.09. The number of anilines is 2. The summed E-state index contributed by atoms with van der Waals surface area (Å²) < 4.78 is 40.7. The maximum Gasteiger partial charge on any atom is 0.323 e. The molecular weight excluding hydrogens is 588 g/mol. The number of carbonyl (C=O) groups is 1. The van der Waals surface area contributed by atoms with Crippen molar-refractivity contribution in [2.45, 2.75) is 57.0 Å². The zero-order valence-electron chi connectivity index (χ0n) is 23.7. The molecule has 3 heterocycles. The molecule has 0 spiro atoms. The van der Waals surface area contributed by atoms with Gasteiger partial charge in [-0.1, -0.05) is 24.1 Å². The highest BCUT2D eigenvalue weighted by Crippen LogP contribution is 2.48. The summed E-state index contributed by atoms with van der Waals surface area (Å²) in [6, 6.07) is 7.66. The predicted octanol–water partition coefficient (Wildman–Crippen LogP) is 2.32. The van der Waals surface area contributed by atoms with Gasteiger partial charge >= 0.3 is 12.6 Å². The number of ether oxygens (including phenoxy) is 2. The van der Waals surface area contributed by atoms with Crippen molar-refractivity contribution in [3.8, 4) is 18.1 Å². The van der Waals surface area contributed by atoms with E-state index in [0.29, 0.717) is 17.1 Å². The van der Waals surface area contributed by atoms with Crippen molar-refractivity contribution in [1.82, 2.24) is 24.6 Å². The fourth-order valence-corrected chi connectivity index (χ4v) is 6.64. The van der Waals surface area contributed by atoms with Crippen LogP contribution in [0.4, 0.5) is 16.2 Å². The van der Waals surface area contributed by atoms with Crippen LogP contribution in [0.15, 0.2) is 36.7 Å². The Bertz CT molecular complexity index is 1520. The SMILES string of the molecule is C#C[C@@]1(F)[C@H](O)[C@@H](COP(=S)(N[C@@H](C)C(=O)OC(C)C)Oc2ccccc2)O[C@H]1n1cnc2c(N(C)C)nc(N)nc21. The molecule has 0 bridgehead atoms. The third-order valence-electron chi connectivity index (χ3n) is 6.20. The first-order valence-electron chi connectivity index (χ1n) is 12.9. The molecule has 2 aromatic heterocycles. The molecular formula is C26H33FN7O6PS. The zero-order chi connectivity index (χ0) is 30.8. The summed E-state index contributed by atoms with van der Waals surface area (Å²) in [6.45, 7) is 1.02. The van der Waals surface area contributed by atoms with Crippen LogP contribution in [0, 0.1) is 12.3 Å². The lowest BCUT2D eigenvalue weighted by Gasteiger charge is -2.28. The number of esters is 1. The molecule has 42 heavy (non-hydrogen) atoms. The van der Waals surface area contributed by atoms with Crippen LogP contribution in [0.25, 0.3) is 11.2 Å². The molecule has 3 aromatic rings. The number of terminal acetylenes is 1. The Labute approximate surface area is 247 Å². The number of hydrogen-bond acceptors (Lipinski definition) is 12. The summed E-state index contributed by atoms with van der Waals surface area (Å²) in [6.07, 6.45) is 1.81. The highest BCUT2D eigenvalue weighted by atomic mass is 32.5. The molecule has 0 radical (unpaired) electrons. The Morgan fingerprint density at radius 3 is 2.67 bits per heavy atom. The first-order chi connectivity index (χ1) is 19.8. The molecule has 1 fully saturated rings. The Morgan fingerprint density at radius 2 is 2.05 bits per heavy atom. The van der Waals surface area contributed by atoms with Crippen molar-refractivity contribution in [3.63, 3.8) is 0 Å². The lowest BCUT2D eigenvalue weighted by atomic mass is 9.97. The molecule has 1 saturated heterocycles. The number of benzene rings is 1. The first-order valence-corrected chi connectivity index (χ1v) is 15.6. The number of carbonyl (C=O) groups excluding carboxylic acids is 1. The van der Waals surface area contributed by atoms with Crippen molar-refractivity contribution in [2.24, 2.45) is 0 Å². The van der Waals surface area contributed by atoms with Crippen LogP contribution in [-0.4, -0.2) is 81.3 Å². The lowest BCUT2D eigenvalue weighted by Crippen LogP contribution is -2.42. The van der Waals surface area contributed by atoms with Crippen molar-refractivity contribution in [2.75, 3.05) is 31.3 Å². The van der Waals surface area contributed by atoms with Gasteiger partial charge in [0.25, 0.3) is 0 Å². The molecule has 1 unspecified atom stereocenters. The topological polar surface area (TPSA) is 159 Å². The number of rotatable bonds is 11. The van der Waals surface area contributed by atoms with Gasteiger partial charge in [0, 0.05) is 14.1 Å². The molecule has 226 valence electrons. The van der Waals surface area contributed by atoms with Crippen molar-refractivity contribution < 1.29 is 32.8 Å². The average Bonchev–Trinajstić information content (AvgIpc) is 3.45. The molecule has 6 atom stereocenters. The van der Waals surface area contributed by atoms with Gasteiger partial charge in [-0.3, -0.25) is 9.36 Å². The number of fused-ring (bicyclic) bond motifs is 1. The van der Waals surface area contributed by atoms with Gasteiger partial charge in [-0.05, 0) is 44.7 Å². The fraction of sp³-hybridized carbons (Fsp3) is 0.462. The zero-order valence-corrected chi connectivity index (χ0v) is 25.4. The summed E-state index contributed by atoms with van der Waals surface area (Å²) in [4.78, 5) is 26.9. The molecule has 13 nitrogen and oxygen atoms in total. The summed E-state index contributed by atoms with van der Waals surface area (Å²) in [5.41, 5.74) is 3.65. The monoisotopic (exact) mass is 621 g/mol. The Morgan fingerprint density at radius 1 is 1.36 bits per heavy atom. The minimum atomic E-state index is -3.51. The van der Waals surface area contributed by atoms with E-state index >= 15 is 4.39 Å². The van der Waals surface area contributed by atoms with Gasteiger partial charge in [0.15, 0.2) is 23.2 Å². The third-order valence-corrected chi connectivity index (χ3v) is 8.70. The first kappa shape index (κ1) is 31.6. The van der Waals surface area contributed by atoms with E-state index in [1.165, 1.54) is 10.9 Å². The number of halogens is 1. The second-order valence-corrected chi connectivity index (χ2v) is 13.2. The van der Waals surface area contributed by atoms with Crippen LogP contribution in [0.3, 0.4) is 0 Å². The Balaban J connectivity index is 1.61. The smallest absolute Gasteiger partial charge is 0.323 e. The summed E-state index contributed by atoms with van der Waals surface area (Å²) in [5.74, 6) is 2.14. The van der Waals surface area contributed by atoms with E-state index in [0.717, 1.165) is 0 Å². The van der Waals surface area contributed by atoms with E-state index in [-0.39, 0.29) is 17.7 Å². The minimum absolute atomic E-state index is 0.0773. The van der Waals surface area contributed by atoms with E-state index in [1.807, 2.05) is 5.92 Å². The molecule has 0 saturated carbocycles. The number of aliphatic hydroxyl groups is 1. The Hall–Kier alpha value is -3.38. The van der Waals surface area contributed by atoms with Crippen LogP contribution in [0.2, 0.25) is 0 Å². The van der Waals surface area contributed by atoms with E-state index in [4.69, 9.17) is 42.5 Å². The van der Waals surface area contributed by atoms with Gasteiger partial charge in [-0.15, -0.1) is 6.42 Å². The molecule has 16 heteroatoms. The van der Waals surface area contributed by atoms with Crippen molar-refractivity contribution >= 4 is 47.3 Å². The van der Waals surface area contributed by atoms with Crippen molar-refractivity contribution in [3.05, 3.63) is 36.7 Å². The summed E-state index contributed by atoms with van der Waals surface area (Å²) in [5, 5.41) is 13.9. The number of nitrogens with one attached hydrogen (secondary N) is 1. The minimum Gasteiger partial charge on any atom is -0.462 e. The number of para-hydroxylation sites is 1. The van der Waals surface area contributed by atoms with Gasteiger partial charge in [0.2, 0.25) is 11.6 Å². The number of alkyl halides is 1. The quantitative estimate of drug-likeness (QED) is 0.163. The number of aliphatic hydroxyl groups excluding tert-OH is 1. The average molecular weight is 622 g/mol. The second-order valence-electron chi connectivity index (χ2n) is 10.0. The van der Waals surface area contributed by atoms with Crippen LogP contribution in [-0.2, 0) is 30.6 Å². The molecule has 4 rings (SSSR count). The van der Waals surface area contributed by atoms with Crippen LogP contribution < -0.4 is 20.2 Å². The van der Waals surface area contributed by atoms with Crippen molar-refractivity contribution in [1.29, 1.82) is 0 Å². The van der Waals surface area contributed by atoms with Gasteiger partial charge in [0.05, 0.1) is 19.0 Å². The molecule has 1 aromatic carbocycles. The van der Waals surface area contributed by atoms with E-state index in [9.17, 15) is 9.90 Å². The number of imidazole rings is 1. The molecule has 4 N–H and O–H groups in total. The van der Waals surface area contributed by atoms with Gasteiger partial charge < -0.3 is 34.3 Å². The van der Waals surface area contributed by atoms with Crippen LogP contribution in [0.1, 0.15) is 27.0 Å². The molecule has 0 aliphatic carbocycles. The number of nitrogen functional groups attached to an aromatic ring is 1. The second kappa shape index (κ2) is 12.5. The number of nitrogens with two attached hydrogens (primary N) is 1. The normalized spacial score (nSPS) is 24.2. The van der Waals surface area contributed by atoms with Gasteiger partial charge in [-0.2, -0.15) is 9.97 Å². The highest BCUT2D eigenvalue weighted by Gasteiger charge is 2.58. The third kappa shape index (κ3) is 6.49. The van der Waals surface area contributed by atoms with E-state index in [1.54, 1.807) is 70.1 Å². The predicted molar refractivity (Wildman–Crippen MR) is 158 cm³/mol. The number of hydrogen-bond donors (Lipinski definition) is 3. The maximum absolute atomic E-state index is 16.3. The lowest BCUT2D eigenvalue weighted by molar-refractivity contribution is -0.149. The van der Waals surface area contributed by atoms with Crippen LogP contribution in [0.5, 0.6) is 5.75 Å². The largest absolute Gasteiger partial charge is 0.462 e. The number of nitrogens with zero attached hydrogens (tertiary/aromatic N) is 5. The van der Waals surface area contributed by atoms with Gasteiger partial charge in [-0.25, -0.2) is 14.5 Å². The molecule has 1 aliphatic heterocycles. The molecule has 1 aliphatic rings. The van der Waals surface area contributed by atoms with E-state index < -0.39 is 49.4 Å². The Kier molecular flexibility index (Phi) is 9.36. The number of aromatic nitrogens is 4. The summed E-state index contributed by atoms with van der Waals surface area (Å²) in [7, 11) is 3.48. The van der Waals surface area contributed by atoms with E-state index in [2.05, 4.69) is 20.0 Å². The van der Waals surface area contributed by atoms with Crippen LogP contribution >= 0.6 is 6.64 Å². The van der Waals surface area contributed by atoms with Gasteiger partial charge in [0.1, 0.15) is 24.0 Å².